The van der Waals surface area contributed by atoms with Gasteiger partial charge in [0.2, 0.25) is 0 Å². The maximum absolute atomic E-state index is 10.8. The van der Waals surface area contributed by atoms with Gasteiger partial charge in [-0.05, 0) is 12.8 Å². The second-order valence-corrected chi connectivity index (χ2v) is 3.10. The molecule has 0 N–H and O–H groups in total. The van der Waals surface area contributed by atoms with Crippen LogP contribution >= 0.6 is 23.2 Å². The molecule has 0 saturated heterocycles. The van der Waals surface area contributed by atoms with Crippen molar-refractivity contribution < 1.29 is 14.3 Å². The standard InChI is InChI=1S/C7H12Cl2O3/c1-3-5(8)11-7(10)12-6(9)4-2/h5-6H,3-4H2,1-2H3. The number of hydrogen-bond donors (Lipinski definition) is 0. The Bertz CT molecular complexity index is 127. The van der Waals surface area contributed by atoms with E-state index in [-0.39, 0.29) is 0 Å². The van der Waals surface area contributed by atoms with Crippen LogP contribution in [0.2, 0.25) is 0 Å². The topological polar surface area (TPSA) is 35.5 Å². The molecule has 0 fully saturated rings. The molecule has 2 unspecified atom stereocenters. The van der Waals surface area contributed by atoms with E-state index in [4.69, 9.17) is 23.2 Å². The second-order valence-electron chi connectivity index (χ2n) is 2.12. The first kappa shape index (κ1) is 11.8. The summed E-state index contributed by atoms with van der Waals surface area (Å²) in [5, 5.41) is 0. The Morgan fingerprint density at radius 3 is 1.75 bits per heavy atom. The lowest BCUT2D eigenvalue weighted by Crippen LogP contribution is -2.17. The van der Waals surface area contributed by atoms with Crippen molar-refractivity contribution >= 4 is 29.4 Å². The minimum absolute atomic E-state index is 0.537. The highest BCUT2D eigenvalue weighted by molar-refractivity contribution is 6.20. The van der Waals surface area contributed by atoms with Crippen molar-refractivity contribution in [2.75, 3.05) is 0 Å². The van der Waals surface area contributed by atoms with E-state index < -0.39 is 17.3 Å². The van der Waals surface area contributed by atoms with Crippen molar-refractivity contribution in [1.29, 1.82) is 0 Å². The van der Waals surface area contributed by atoms with E-state index in [1.807, 2.05) is 0 Å². The maximum Gasteiger partial charge on any atom is 0.511 e. The Hall–Kier alpha value is -0.150. The van der Waals surface area contributed by atoms with Crippen molar-refractivity contribution in [2.24, 2.45) is 0 Å². The average molecular weight is 215 g/mol. The fourth-order valence-electron chi connectivity index (χ4n) is 0.403. The van der Waals surface area contributed by atoms with Crippen molar-refractivity contribution in [3.63, 3.8) is 0 Å². The molecular weight excluding hydrogens is 203 g/mol. The van der Waals surface area contributed by atoms with E-state index in [2.05, 4.69) is 9.47 Å². The van der Waals surface area contributed by atoms with Crippen LogP contribution in [0.1, 0.15) is 26.7 Å². The molecule has 0 aromatic carbocycles. The second kappa shape index (κ2) is 6.38. The third-order valence-corrected chi connectivity index (χ3v) is 1.89. The Morgan fingerprint density at radius 2 is 1.50 bits per heavy atom. The molecule has 0 rings (SSSR count). The summed E-state index contributed by atoms with van der Waals surface area (Å²) in [6.07, 6.45) is 0.254. The molecular formula is C7H12Cl2O3. The summed E-state index contributed by atoms with van der Waals surface area (Å²) in [4.78, 5) is 10.8. The molecule has 0 aromatic heterocycles. The fourth-order valence-corrected chi connectivity index (χ4v) is 0.549. The van der Waals surface area contributed by atoms with Crippen LogP contribution in [0.25, 0.3) is 0 Å². The molecule has 0 amide bonds. The zero-order valence-corrected chi connectivity index (χ0v) is 8.56. The number of carbonyl (C=O) groups excluding carboxylic acids is 1. The molecule has 0 bridgehead atoms. The molecule has 3 nitrogen and oxygen atoms in total. The summed E-state index contributed by atoms with van der Waals surface area (Å²) in [7, 11) is 0. The zero-order chi connectivity index (χ0) is 9.56. The molecule has 5 heteroatoms. The molecule has 0 saturated carbocycles. The van der Waals surface area contributed by atoms with Crippen molar-refractivity contribution in [1.82, 2.24) is 0 Å². The van der Waals surface area contributed by atoms with E-state index in [9.17, 15) is 4.79 Å². The first-order valence-corrected chi connectivity index (χ1v) is 4.62. The summed E-state index contributed by atoms with van der Waals surface area (Å²) in [6, 6.07) is 0. The predicted molar refractivity (Wildman–Crippen MR) is 47.4 cm³/mol. The van der Waals surface area contributed by atoms with Gasteiger partial charge in [-0.2, -0.15) is 0 Å². The summed E-state index contributed by atoms with van der Waals surface area (Å²) < 4.78 is 9.18. The Kier molecular flexibility index (Phi) is 6.30. The highest BCUT2D eigenvalue weighted by atomic mass is 35.5. The summed E-state index contributed by atoms with van der Waals surface area (Å²) >= 11 is 11.0. The molecule has 0 radical (unpaired) electrons. The molecule has 72 valence electrons. The van der Waals surface area contributed by atoms with Gasteiger partial charge in [0.15, 0.2) is 11.1 Å². The van der Waals surface area contributed by atoms with Gasteiger partial charge in [0.25, 0.3) is 0 Å². The van der Waals surface area contributed by atoms with Crippen LogP contribution in [0.5, 0.6) is 0 Å². The van der Waals surface area contributed by atoms with E-state index in [0.29, 0.717) is 12.8 Å². The first-order chi connectivity index (χ1) is 5.60. The van der Waals surface area contributed by atoms with Gasteiger partial charge in [0.1, 0.15) is 0 Å². The first-order valence-electron chi connectivity index (χ1n) is 3.75. The van der Waals surface area contributed by atoms with Crippen LogP contribution in [0, 0.1) is 0 Å². The van der Waals surface area contributed by atoms with Crippen LogP contribution in [-0.2, 0) is 9.47 Å². The molecule has 0 aliphatic rings. The SMILES string of the molecule is CCC(Cl)OC(=O)OC(Cl)CC. The molecule has 0 heterocycles. The molecule has 0 aliphatic heterocycles. The number of alkyl halides is 2. The lowest BCUT2D eigenvalue weighted by Gasteiger charge is -2.11. The summed E-state index contributed by atoms with van der Waals surface area (Å²) in [6.45, 7) is 3.59. The summed E-state index contributed by atoms with van der Waals surface area (Å²) in [5.41, 5.74) is -1.28. The fraction of sp³-hybridized carbons (Fsp3) is 0.857. The maximum atomic E-state index is 10.8. The van der Waals surface area contributed by atoms with Crippen LogP contribution in [0.4, 0.5) is 4.79 Å². The van der Waals surface area contributed by atoms with Crippen LogP contribution in [0.3, 0.4) is 0 Å². The minimum atomic E-state index is -0.821. The largest absolute Gasteiger partial charge is 0.511 e. The molecule has 0 aromatic rings. The van der Waals surface area contributed by atoms with E-state index >= 15 is 0 Å². The lowest BCUT2D eigenvalue weighted by molar-refractivity contribution is 0.0354. The van der Waals surface area contributed by atoms with Gasteiger partial charge < -0.3 is 9.47 Å². The average Bonchev–Trinajstić information content (AvgIpc) is 2.03. The van der Waals surface area contributed by atoms with Gasteiger partial charge >= 0.3 is 6.16 Å². The number of carbonyl (C=O) groups is 1. The van der Waals surface area contributed by atoms with E-state index in [0.717, 1.165) is 0 Å². The van der Waals surface area contributed by atoms with Crippen LogP contribution in [0.15, 0.2) is 0 Å². The van der Waals surface area contributed by atoms with Gasteiger partial charge in [-0.3, -0.25) is 0 Å². The van der Waals surface area contributed by atoms with Crippen LogP contribution in [-0.4, -0.2) is 17.3 Å². The van der Waals surface area contributed by atoms with Crippen LogP contribution < -0.4 is 0 Å². The van der Waals surface area contributed by atoms with Gasteiger partial charge in [-0.25, -0.2) is 4.79 Å². The molecule has 12 heavy (non-hydrogen) atoms. The van der Waals surface area contributed by atoms with Crippen molar-refractivity contribution in [3.8, 4) is 0 Å². The molecule has 0 spiro atoms. The third kappa shape index (κ3) is 5.49. The van der Waals surface area contributed by atoms with E-state index in [1.54, 1.807) is 13.8 Å². The number of halogens is 2. The Labute approximate surface area is 81.9 Å². The number of ether oxygens (including phenoxy) is 2. The van der Waals surface area contributed by atoms with Crippen molar-refractivity contribution in [2.45, 2.75) is 37.8 Å². The quantitative estimate of drug-likeness (QED) is 0.533. The number of hydrogen-bond acceptors (Lipinski definition) is 3. The zero-order valence-electron chi connectivity index (χ0n) is 7.05. The lowest BCUT2D eigenvalue weighted by atomic mass is 10.5. The molecule has 0 aliphatic carbocycles. The highest BCUT2D eigenvalue weighted by Gasteiger charge is 2.13. The minimum Gasteiger partial charge on any atom is -0.415 e. The normalized spacial score (nSPS) is 15.0. The summed E-state index contributed by atoms with van der Waals surface area (Å²) in [5.74, 6) is 0. The monoisotopic (exact) mass is 214 g/mol. The highest BCUT2D eigenvalue weighted by Crippen LogP contribution is 2.09. The smallest absolute Gasteiger partial charge is 0.415 e. The van der Waals surface area contributed by atoms with Gasteiger partial charge in [0, 0.05) is 0 Å². The Morgan fingerprint density at radius 1 is 1.17 bits per heavy atom. The third-order valence-electron chi connectivity index (χ3n) is 1.09. The molecule has 2 atom stereocenters. The van der Waals surface area contributed by atoms with Crippen molar-refractivity contribution in [3.05, 3.63) is 0 Å². The number of rotatable bonds is 4. The van der Waals surface area contributed by atoms with Gasteiger partial charge in [-0.1, -0.05) is 37.0 Å². The van der Waals surface area contributed by atoms with Gasteiger partial charge in [0.05, 0.1) is 0 Å². The predicted octanol–water partition coefficient (Wildman–Crippen LogP) is 3.09. The van der Waals surface area contributed by atoms with E-state index in [1.165, 1.54) is 0 Å². The van der Waals surface area contributed by atoms with Gasteiger partial charge in [-0.15, -0.1) is 0 Å². The Balaban J connectivity index is 3.59.